The number of ether oxygens (including phenoxy) is 1. The highest BCUT2D eigenvalue weighted by Crippen LogP contribution is 2.23. The molecule has 2 nitrogen and oxygen atoms in total. The van der Waals surface area contributed by atoms with E-state index in [-0.39, 0.29) is 17.1 Å². The second kappa shape index (κ2) is 4.83. The lowest BCUT2D eigenvalue weighted by Crippen LogP contribution is -2.43. The third-order valence-corrected chi connectivity index (χ3v) is 3.12. The summed E-state index contributed by atoms with van der Waals surface area (Å²) in [6.07, 6.45) is 0.658. The fourth-order valence-electron chi connectivity index (χ4n) is 1.46. The zero-order valence-electron chi connectivity index (χ0n) is 10.4. The summed E-state index contributed by atoms with van der Waals surface area (Å²) in [7, 11) is 1.46. The van der Waals surface area contributed by atoms with E-state index in [1.54, 1.807) is 6.07 Å². The van der Waals surface area contributed by atoms with Gasteiger partial charge in [-0.2, -0.15) is 0 Å². The van der Waals surface area contributed by atoms with Crippen LogP contribution in [0.3, 0.4) is 0 Å². The molecule has 0 fully saturated rings. The number of hydrogen-bond donors (Lipinski definition) is 1. The zero-order chi connectivity index (χ0) is 12.3. The maximum absolute atomic E-state index is 13.5. The first-order chi connectivity index (χ1) is 7.36. The molecule has 2 N–H and O–H groups in total. The van der Waals surface area contributed by atoms with Crippen LogP contribution in [0.25, 0.3) is 0 Å². The molecule has 0 bridgehead atoms. The highest BCUT2D eigenvalue weighted by Gasteiger charge is 2.23. The van der Waals surface area contributed by atoms with Crippen molar-refractivity contribution in [3.63, 3.8) is 0 Å². The van der Waals surface area contributed by atoms with Crippen molar-refractivity contribution < 1.29 is 9.13 Å². The standard InChI is InChI=1S/C13H20FNO/c1-9(2)13(3,15)8-10-5-6-12(16-4)11(14)7-10/h5-7,9H,8,15H2,1-4H3. The predicted molar refractivity (Wildman–Crippen MR) is 64.1 cm³/mol. The van der Waals surface area contributed by atoms with Crippen molar-refractivity contribution >= 4 is 0 Å². The van der Waals surface area contributed by atoms with Gasteiger partial charge in [0.1, 0.15) is 0 Å². The Hall–Kier alpha value is -1.09. The van der Waals surface area contributed by atoms with E-state index in [2.05, 4.69) is 13.8 Å². The minimum absolute atomic E-state index is 0.270. The van der Waals surface area contributed by atoms with Crippen molar-refractivity contribution in [2.75, 3.05) is 7.11 Å². The van der Waals surface area contributed by atoms with Crippen LogP contribution in [-0.4, -0.2) is 12.6 Å². The highest BCUT2D eigenvalue weighted by molar-refractivity contribution is 5.30. The number of nitrogens with two attached hydrogens (primary N) is 1. The van der Waals surface area contributed by atoms with Gasteiger partial charge in [-0.1, -0.05) is 19.9 Å². The van der Waals surface area contributed by atoms with Gasteiger partial charge in [0.05, 0.1) is 7.11 Å². The smallest absolute Gasteiger partial charge is 0.165 e. The Kier molecular flexibility index (Phi) is 3.92. The van der Waals surface area contributed by atoms with Crippen LogP contribution in [0.15, 0.2) is 18.2 Å². The summed E-state index contributed by atoms with van der Waals surface area (Å²) >= 11 is 0. The normalized spacial score (nSPS) is 14.9. The van der Waals surface area contributed by atoms with Crippen LogP contribution in [-0.2, 0) is 6.42 Å². The summed E-state index contributed by atoms with van der Waals surface area (Å²) in [6, 6.07) is 4.99. The molecule has 0 aliphatic carbocycles. The molecule has 0 aliphatic heterocycles. The topological polar surface area (TPSA) is 35.2 Å². The molecule has 0 radical (unpaired) electrons. The molecule has 0 spiro atoms. The van der Waals surface area contributed by atoms with Gasteiger partial charge in [-0.3, -0.25) is 0 Å². The van der Waals surface area contributed by atoms with E-state index in [0.29, 0.717) is 12.3 Å². The summed E-state index contributed by atoms with van der Waals surface area (Å²) in [5.41, 5.74) is 6.74. The third-order valence-electron chi connectivity index (χ3n) is 3.12. The second-order valence-electron chi connectivity index (χ2n) is 4.81. The summed E-state index contributed by atoms with van der Waals surface area (Å²) in [6.45, 7) is 6.12. The van der Waals surface area contributed by atoms with Gasteiger partial charge in [0.2, 0.25) is 0 Å². The van der Waals surface area contributed by atoms with Gasteiger partial charge >= 0.3 is 0 Å². The van der Waals surface area contributed by atoms with E-state index >= 15 is 0 Å². The Morgan fingerprint density at radius 1 is 1.44 bits per heavy atom. The SMILES string of the molecule is COc1ccc(CC(C)(N)C(C)C)cc1F. The van der Waals surface area contributed by atoms with Gasteiger partial charge in [-0.05, 0) is 37.0 Å². The minimum atomic E-state index is -0.334. The largest absolute Gasteiger partial charge is 0.494 e. The van der Waals surface area contributed by atoms with E-state index in [9.17, 15) is 4.39 Å². The Bertz CT molecular complexity index is 361. The van der Waals surface area contributed by atoms with Gasteiger partial charge in [-0.15, -0.1) is 0 Å². The lowest BCUT2D eigenvalue weighted by Gasteiger charge is -2.29. The average molecular weight is 225 g/mol. The van der Waals surface area contributed by atoms with E-state index in [1.165, 1.54) is 13.2 Å². The van der Waals surface area contributed by atoms with E-state index < -0.39 is 0 Å². The van der Waals surface area contributed by atoms with Crippen LogP contribution in [0.2, 0.25) is 0 Å². The number of hydrogen-bond acceptors (Lipinski definition) is 2. The molecule has 90 valence electrons. The average Bonchev–Trinajstić information content (AvgIpc) is 2.17. The van der Waals surface area contributed by atoms with Crippen LogP contribution in [0.4, 0.5) is 4.39 Å². The summed E-state index contributed by atoms with van der Waals surface area (Å²) in [4.78, 5) is 0. The van der Waals surface area contributed by atoms with E-state index in [0.717, 1.165) is 5.56 Å². The first kappa shape index (κ1) is 13.0. The van der Waals surface area contributed by atoms with Crippen LogP contribution in [0.5, 0.6) is 5.75 Å². The third kappa shape index (κ3) is 2.95. The number of benzene rings is 1. The first-order valence-corrected chi connectivity index (χ1v) is 5.48. The summed E-state index contributed by atoms with van der Waals surface area (Å²) in [5.74, 6) is 0.282. The molecule has 1 atom stereocenters. The van der Waals surface area contributed by atoms with Gasteiger partial charge in [0.15, 0.2) is 11.6 Å². The van der Waals surface area contributed by atoms with Gasteiger partial charge in [0, 0.05) is 5.54 Å². The van der Waals surface area contributed by atoms with Gasteiger partial charge in [-0.25, -0.2) is 4.39 Å². The number of methoxy groups -OCH3 is 1. The predicted octanol–water partition coefficient (Wildman–Crippen LogP) is 2.75. The van der Waals surface area contributed by atoms with Crippen LogP contribution >= 0.6 is 0 Å². The lowest BCUT2D eigenvalue weighted by molar-refractivity contribution is 0.336. The molecular weight excluding hydrogens is 205 g/mol. The Labute approximate surface area is 96.6 Å². The molecule has 1 aromatic rings. The van der Waals surface area contributed by atoms with Crippen LogP contribution in [0.1, 0.15) is 26.3 Å². The Morgan fingerprint density at radius 3 is 2.50 bits per heavy atom. The fourth-order valence-corrected chi connectivity index (χ4v) is 1.46. The van der Waals surface area contributed by atoms with Gasteiger partial charge in [0.25, 0.3) is 0 Å². The second-order valence-corrected chi connectivity index (χ2v) is 4.81. The van der Waals surface area contributed by atoms with Crippen molar-refractivity contribution in [1.82, 2.24) is 0 Å². The monoisotopic (exact) mass is 225 g/mol. The van der Waals surface area contributed by atoms with Gasteiger partial charge < -0.3 is 10.5 Å². The maximum Gasteiger partial charge on any atom is 0.165 e. The van der Waals surface area contributed by atoms with Crippen molar-refractivity contribution in [2.45, 2.75) is 32.7 Å². The Balaban J connectivity index is 2.87. The molecule has 3 heteroatoms. The molecule has 0 amide bonds. The minimum Gasteiger partial charge on any atom is -0.494 e. The van der Waals surface area contributed by atoms with Crippen LogP contribution in [0, 0.1) is 11.7 Å². The molecule has 16 heavy (non-hydrogen) atoms. The van der Waals surface area contributed by atoms with Crippen molar-refractivity contribution in [3.8, 4) is 5.75 Å². The molecule has 1 rings (SSSR count). The Morgan fingerprint density at radius 2 is 2.06 bits per heavy atom. The summed E-state index contributed by atoms with van der Waals surface area (Å²) in [5, 5.41) is 0. The van der Waals surface area contributed by atoms with Crippen LogP contribution < -0.4 is 10.5 Å². The molecular formula is C13H20FNO. The van der Waals surface area contributed by atoms with E-state index in [1.807, 2.05) is 13.0 Å². The van der Waals surface area contributed by atoms with Crippen molar-refractivity contribution in [3.05, 3.63) is 29.6 Å². The van der Waals surface area contributed by atoms with E-state index in [4.69, 9.17) is 10.5 Å². The molecule has 1 aromatic carbocycles. The lowest BCUT2D eigenvalue weighted by atomic mass is 9.84. The molecule has 0 saturated carbocycles. The fraction of sp³-hybridized carbons (Fsp3) is 0.538. The molecule has 1 unspecified atom stereocenters. The van der Waals surface area contributed by atoms with Crippen molar-refractivity contribution in [2.24, 2.45) is 11.7 Å². The molecule has 0 heterocycles. The quantitative estimate of drug-likeness (QED) is 0.855. The van der Waals surface area contributed by atoms with Crippen molar-refractivity contribution in [1.29, 1.82) is 0 Å². The summed E-state index contributed by atoms with van der Waals surface area (Å²) < 4.78 is 18.3. The molecule has 0 saturated heterocycles. The highest BCUT2D eigenvalue weighted by atomic mass is 19.1. The zero-order valence-corrected chi connectivity index (χ0v) is 10.4. The molecule has 0 aliphatic rings. The maximum atomic E-state index is 13.5. The molecule has 0 aromatic heterocycles. The number of halogens is 1. The number of rotatable bonds is 4. The first-order valence-electron chi connectivity index (χ1n) is 5.48.